The van der Waals surface area contributed by atoms with Crippen molar-refractivity contribution in [3.8, 4) is 0 Å². The maximum absolute atomic E-state index is 11.2. The molecule has 0 saturated carbocycles. The number of benzene rings is 1. The molecule has 1 rings (SSSR count). The Hall–Kier alpha value is -1.31. The number of hydrogen-bond acceptors (Lipinski definition) is 1. The van der Waals surface area contributed by atoms with Gasteiger partial charge in [-0.1, -0.05) is 50.6 Å². The van der Waals surface area contributed by atoms with E-state index in [1.807, 2.05) is 31.2 Å². The molecule has 0 aromatic heterocycles. The van der Waals surface area contributed by atoms with Crippen molar-refractivity contribution in [3.63, 3.8) is 0 Å². The van der Waals surface area contributed by atoms with E-state index < -0.39 is 5.97 Å². The summed E-state index contributed by atoms with van der Waals surface area (Å²) in [5, 5.41) is 9.25. The number of carbonyl (C=O) groups is 1. The van der Waals surface area contributed by atoms with Crippen LogP contribution in [0.5, 0.6) is 0 Å². The first kappa shape index (κ1) is 13.8. The molecule has 0 aliphatic carbocycles. The van der Waals surface area contributed by atoms with Gasteiger partial charge in [0.15, 0.2) is 0 Å². The van der Waals surface area contributed by atoms with Gasteiger partial charge in [0, 0.05) is 0 Å². The third-order valence-electron chi connectivity index (χ3n) is 2.81. The minimum Gasteiger partial charge on any atom is -0.481 e. The second kappa shape index (κ2) is 5.35. The quantitative estimate of drug-likeness (QED) is 0.863. The third-order valence-corrected chi connectivity index (χ3v) is 2.81. The molecule has 94 valence electrons. The van der Waals surface area contributed by atoms with E-state index in [1.54, 1.807) is 0 Å². The molecule has 2 nitrogen and oxygen atoms in total. The smallest absolute Gasteiger partial charge is 0.306 e. The highest BCUT2D eigenvalue weighted by molar-refractivity contribution is 5.70. The lowest BCUT2D eigenvalue weighted by Gasteiger charge is -2.23. The minimum atomic E-state index is -0.694. The first-order chi connectivity index (χ1) is 7.78. The minimum absolute atomic E-state index is 0.0494. The Morgan fingerprint density at radius 2 is 1.76 bits per heavy atom. The zero-order chi connectivity index (χ0) is 13.1. The van der Waals surface area contributed by atoms with Crippen LogP contribution in [-0.2, 0) is 11.2 Å². The van der Waals surface area contributed by atoms with Gasteiger partial charge in [-0.25, -0.2) is 0 Å². The van der Waals surface area contributed by atoms with E-state index >= 15 is 0 Å². The molecule has 0 fully saturated rings. The van der Waals surface area contributed by atoms with Crippen LogP contribution in [-0.4, -0.2) is 11.1 Å². The first-order valence-corrected chi connectivity index (χ1v) is 6.06. The van der Waals surface area contributed by atoms with Crippen molar-refractivity contribution in [2.45, 2.75) is 40.5 Å². The highest BCUT2D eigenvalue weighted by Gasteiger charge is 2.24. The van der Waals surface area contributed by atoms with Crippen LogP contribution in [0.4, 0.5) is 0 Å². The Kier molecular flexibility index (Phi) is 4.33. The SMILES string of the molecule is Cc1ccc(CC(CC(C)(C)C)C(=O)O)cc1. The molecule has 0 bridgehead atoms. The van der Waals surface area contributed by atoms with Crippen LogP contribution < -0.4 is 0 Å². The summed E-state index contributed by atoms with van der Waals surface area (Å²) in [7, 11) is 0. The van der Waals surface area contributed by atoms with Crippen LogP contribution in [0, 0.1) is 18.3 Å². The fourth-order valence-electron chi connectivity index (χ4n) is 1.99. The standard InChI is InChI=1S/C15H22O2/c1-11-5-7-12(8-6-11)9-13(14(16)17)10-15(2,3)4/h5-8,13H,9-10H2,1-4H3,(H,16,17). The zero-order valence-corrected chi connectivity index (χ0v) is 11.2. The molecule has 0 saturated heterocycles. The fraction of sp³-hybridized carbons (Fsp3) is 0.533. The Morgan fingerprint density at radius 3 is 2.18 bits per heavy atom. The van der Waals surface area contributed by atoms with E-state index in [9.17, 15) is 9.90 Å². The van der Waals surface area contributed by atoms with Crippen molar-refractivity contribution in [2.24, 2.45) is 11.3 Å². The van der Waals surface area contributed by atoms with Crippen molar-refractivity contribution in [1.82, 2.24) is 0 Å². The van der Waals surface area contributed by atoms with Crippen LogP contribution in [0.25, 0.3) is 0 Å². The van der Waals surface area contributed by atoms with Crippen molar-refractivity contribution < 1.29 is 9.90 Å². The van der Waals surface area contributed by atoms with Crippen molar-refractivity contribution in [3.05, 3.63) is 35.4 Å². The number of rotatable bonds is 4. The van der Waals surface area contributed by atoms with Gasteiger partial charge in [-0.15, -0.1) is 0 Å². The topological polar surface area (TPSA) is 37.3 Å². The zero-order valence-electron chi connectivity index (χ0n) is 11.2. The molecule has 1 atom stereocenters. The lowest BCUT2D eigenvalue weighted by atomic mass is 9.82. The van der Waals surface area contributed by atoms with E-state index in [0.717, 1.165) is 5.56 Å². The van der Waals surface area contributed by atoms with Crippen LogP contribution in [0.2, 0.25) is 0 Å². The van der Waals surface area contributed by atoms with Crippen LogP contribution in [0.1, 0.15) is 38.3 Å². The van der Waals surface area contributed by atoms with Crippen LogP contribution in [0.15, 0.2) is 24.3 Å². The number of carboxylic acids is 1. The number of carboxylic acid groups (broad SMARTS) is 1. The first-order valence-electron chi connectivity index (χ1n) is 6.06. The van der Waals surface area contributed by atoms with Gasteiger partial charge in [0.25, 0.3) is 0 Å². The molecule has 0 radical (unpaired) electrons. The lowest BCUT2D eigenvalue weighted by Crippen LogP contribution is -2.22. The van der Waals surface area contributed by atoms with Gasteiger partial charge in [-0.2, -0.15) is 0 Å². The molecule has 0 aliphatic heterocycles. The summed E-state index contributed by atoms with van der Waals surface area (Å²) < 4.78 is 0. The summed E-state index contributed by atoms with van der Waals surface area (Å²) in [6.45, 7) is 8.28. The molecule has 1 N–H and O–H groups in total. The van der Waals surface area contributed by atoms with Gasteiger partial charge in [0.05, 0.1) is 5.92 Å². The number of aliphatic carboxylic acids is 1. The van der Waals surface area contributed by atoms with Gasteiger partial charge in [0.2, 0.25) is 0 Å². The van der Waals surface area contributed by atoms with E-state index in [0.29, 0.717) is 12.8 Å². The Balaban J connectivity index is 2.73. The van der Waals surface area contributed by atoms with Gasteiger partial charge in [-0.05, 0) is 30.7 Å². The molecule has 0 amide bonds. The molecule has 0 heterocycles. The normalized spacial score (nSPS) is 13.4. The van der Waals surface area contributed by atoms with Crippen molar-refractivity contribution in [2.75, 3.05) is 0 Å². The van der Waals surface area contributed by atoms with E-state index in [-0.39, 0.29) is 11.3 Å². The number of hydrogen-bond donors (Lipinski definition) is 1. The monoisotopic (exact) mass is 234 g/mol. The molecule has 1 aromatic carbocycles. The second-order valence-corrected chi connectivity index (χ2v) is 5.99. The van der Waals surface area contributed by atoms with E-state index in [1.165, 1.54) is 5.56 Å². The van der Waals surface area contributed by atoms with Crippen molar-refractivity contribution >= 4 is 5.97 Å². The molecule has 1 aromatic rings. The van der Waals surface area contributed by atoms with Gasteiger partial charge >= 0.3 is 5.97 Å². The summed E-state index contributed by atoms with van der Waals surface area (Å²) >= 11 is 0. The fourth-order valence-corrected chi connectivity index (χ4v) is 1.99. The largest absolute Gasteiger partial charge is 0.481 e. The van der Waals surface area contributed by atoms with Crippen molar-refractivity contribution in [1.29, 1.82) is 0 Å². The average molecular weight is 234 g/mol. The Labute approximate surface area is 104 Å². The van der Waals surface area contributed by atoms with Crippen LogP contribution in [0.3, 0.4) is 0 Å². The Morgan fingerprint density at radius 1 is 1.24 bits per heavy atom. The molecular formula is C15H22O2. The van der Waals surface area contributed by atoms with Gasteiger partial charge in [-0.3, -0.25) is 4.79 Å². The third kappa shape index (κ3) is 5.03. The molecule has 17 heavy (non-hydrogen) atoms. The molecule has 0 spiro atoms. The maximum atomic E-state index is 11.2. The summed E-state index contributed by atoms with van der Waals surface area (Å²) in [6.07, 6.45) is 1.32. The highest BCUT2D eigenvalue weighted by Crippen LogP contribution is 2.27. The molecule has 2 heteroatoms. The predicted octanol–water partition coefficient (Wildman–Crippen LogP) is 3.67. The van der Waals surface area contributed by atoms with Gasteiger partial charge < -0.3 is 5.11 Å². The molecular weight excluding hydrogens is 212 g/mol. The predicted molar refractivity (Wildman–Crippen MR) is 70.1 cm³/mol. The van der Waals surface area contributed by atoms with E-state index in [4.69, 9.17) is 0 Å². The summed E-state index contributed by atoms with van der Waals surface area (Å²) in [4.78, 5) is 11.2. The average Bonchev–Trinajstić information content (AvgIpc) is 2.18. The van der Waals surface area contributed by atoms with E-state index in [2.05, 4.69) is 20.8 Å². The van der Waals surface area contributed by atoms with Crippen LogP contribution >= 0.6 is 0 Å². The molecule has 0 aliphatic rings. The second-order valence-electron chi connectivity index (χ2n) is 5.99. The lowest BCUT2D eigenvalue weighted by molar-refractivity contribution is -0.142. The highest BCUT2D eigenvalue weighted by atomic mass is 16.4. The Bertz CT molecular complexity index is 371. The summed E-state index contributed by atoms with van der Waals surface area (Å²) in [5.74, 6) is -0.988. The summed E-state index contributed by atoms with van der Waals surface area (Å²) in [5.41, 5.74) is 2.36. The van der Waals surface area contributed by atoms with Gasteiger partial charge in [0.1, 0.15) is 0 Å². The molecule has 1 unspecified atom stereocenters. The maximum Gasteiger partial charge on any atom is 0.306 e. The number of aryl methyl sites for hydroxylation is 1. The summed E-state index contributed by atoms with van der Waals surface area (Å²) in [6, 6.07) is 8.11.